The Labute approximate surface area is 110 Å². The van der Waals surface area contributed by atoms with E-state index in [1.165, 1.54) is 25.7 Å². The molecule has 1 amide bonds. The molecule has 1 N–H and O–H groups in total. The third-order valence-corrected chi connectivity index (χ3v) is 4.65. The molecule has 1 fully saturated rings. The summed E-state index contributed by atoms with van der Waals surface area (Å²) >= 11 is 1.99. The van der Waals surface area contributed by atoms with E-state index in [1.807, 2.05) is 25.9 Å². The number of hydrogen-bond donors (Lipinski definition) is 1. The van der Waals surface area contributed by atoms with Crippen LogP contribution in [0.1, 0.15) is 38.5 Å². The van der Waals surface area contributed by atoms with E-state index in [0.29, 0.717) is 12.5 Å². The summed E-state index contributed by atoms with van der Waals surface area (Å²) in [5.74, 6) is 0.233. The number of amides is 1. The van der Waals surface area contributed by atoms with Crippen LogP contribution in [0.4, 0.5) is 0 Å². The van der Waals surface area contributed by atoms with Crippen LogP contribution in [0.2, 0.25) is 0 Å². The number of hydrogen-bond acceptors (Lipinski definition) is 3. The van der Waals surface area contributed by atoms with Gasteiger partial charge in [0.15, 0.2) is 0 Å². The second-order valence-corrected chi connectivity index (χ2v) is 6.09. The summed E-state index contributed by atoms with van der Waals surface area (Å²) in [6, 6.07) is 0.660. The molecule has 0 heterocycles. The summed E-state index contributed by atoms with van der Waals surface area (Å²) in [6.07, 6.45) is 9.20. The summed E-state index contributed by atoms with van der Waals surface area (Å²) in [4.78, 5) is 13.1. The lowest BCUT2D eigenvalue weighted by Gasteiger charge is -2.31. The molecule has 0 radical (unpaired) electrons. The zero-order valence-corrected chi connectivity index (χ0v) is 12.2. The fourth-order valence-corrected chi connectivity index (χ4v) is 3.33. The number of nitrogens with zero attached hydrogens (tertiary/aromatic N) is 1. The second-order valence-electron chi connectivity index (χ2n) is 5.01. The fourth-order valence-electron chi connectivity index (χ4n) is 2.36. The van der Waals surface area contributed by atoms with E-state index in [2.05, 4.69) is 11.6 Å². The lowest BCUT2D eigenvalue weighted by Crippen LogP contribution is -2.41. The van der Waals surface area contributed by atoms with Gasteiger partial charge >= 0.3 is 0 Å². The number of carbonyl (C=O) groups excluding carboxylic acids is 1. The Morgan fingerprint density at radius 3 is 2.71 bits per heavy atom. The van der Waals surface area contributed by atoms with Crippen molar-refractivity contribution >= 4 is 17.7 Å². The molecule has 0 spiro atoms. The smallest absolute Gasteiger partial charge is 0.222 e. The van der Waals surface area contributed by atoms with Crippen LogP contribution in [0.3, 0.4) is 0 Å². The first-order valence-electron chi connectivity index (χ1n) is 6.61. The molecule has 0 aromatic rings. The molecule has 0 aromatic heterocycles. The Morgan fingerprint density at radius 1 is 1.35 bits per heavy atom. The minimum absolute atomic E-state index is 0.233. The van der Waals surface area contributed by atoms with Gasteiger partial charge in [-0.2, -0.15) is 11.8 Å². The average Bonchev–Trinajstić information content (AvgIpc) is 2.34. The third kappa shape index (κ3) is 5.30. The van der Waals surface area contributed by atoms with Crippen molar-refractivity contribution < 1.29 is 4.79 Å². The van der Waals surface area contributed by atoms with E-state index in [9.17, 15) is 4.79 Å². The largest absolute Gasteiger partial charge is 0.349 e. The van der Waals surface area contributed by atoms with Crippen LogP contribution in [-0.4, -0.2) is 49.0 Å². The fraction of sp³-hybridized carbons (Fsp3) is 0.923. The van der Waals surface area contributed by atoms with Crippen LogP contribution in [0, 0.1) is 0 Å². The second kappa shape index (κ2) is 7.98. The quantitative estimate of drug-likeness (QED) is 0.741. The zero-order valence-electron chi connectivity index (χ0n) is 11.4. The number of carbonyl (C=O) groups is 1. The Kier molecular flexibility index (Phi) is 6.97. The minimum atomic E-state index is 0.233. The van der Waals surface area contributed by atoms with Gasteiger partial charge in [0, 0.05) is 31.8 Å². The number of nitrogens with one attached hydrogen (secondary N) is 1. The highest BCUT2D eigenvalue weighted by molar-refractivity contribution is 7.99. The topological polar surface area (TPSA) is 32.3 Å². The van der Waals surface area contributed by atoms with E-state index >= 15 is 0 Å². The van der Waals surface area contributed by atoms with E-state index < -0.39 is 0 Å². The highest BCUT2D eigenvalue weighted by Gasteiger charge is 2.23. The van der Waals surface area contributed by atoms with Gasteiger partial charge in [0.2, 0.25) is 5.91 Å². The van der Waals surface area contributed by atoms with Crippen molar-refractivity contribution in [1.82, 2.24) is 10.2 Å². The maximum Gasteiger partial charge on any atom is 0.222 e. The molecular formula is C13H26N2OS. The van der Waals surface area contributed by atoms with Gasteiger partial charge < -0.3 is 10.2 Å². The normalized spacial score (nSPS) is 24.6. The summed E-state index contributed by atoms with van der Waals surface area (Å²) in [5, 5.41) is 4.40. The highest BCUT2D eigenvalue weighted by atomic mass is 32.2. The molecule has 17 heavy (non-hydrogen) atoms. The Bertz CT molecular complexity index is 233. The van der Waals surface area contributed by atoms with Crippen molar-refractivity contribution in [2.75, 3.05) is 26.9 Å². The van der Waals surface area contributed by atoms with E-state index in [4.69, 9.17) is 0 Å². The molecule has 0 bridgehead atoms. The number of rotatable bonds is 6. The predicted molar refractivity (Wildman–Crippen MR) is 75.5 cm³/mol. The maximum atomic E-state index is 11.4. The first-order chi connectivity index (χ1) is 8.15. The van der Waals surface area contributed by atoms with Crippen molar-refractivity contribution in [3.8, 4) is 0 Å². The van der Waals surface area contributed by atoms with Gasteiger partial charge in [-0.3, -0.25) is 4.79 Å². The van der Waals surface area contributed by atoms with E-state index in [1.54, 1.807) is 4.90 Å². The average molecular weight is 258 g/mol. The molecule has 100 valence electrons. The first-order valence-corrected chi connectivity index (χ1v) is 7.90. The standard InChI is InChI=1S/C13H26N2OS/c1-15(2)13(16)9-6-10-14-11-7-4-5-8-12(11)17-3/h11-12,14H,4-10H2,1-3H3. The summed E-state index contributed by atoms with van der Waals surface area (Å²) < 4.78 is 0. The van der Waals surface area contributed by atoms with Gasteiger partial charge in [-0.05, 0) is 32.1 Å². The minimum Gasteiger partial charge on any atom is -0.349 e. The van der Waals surface area contributed by atoms with Crippen LogP contribution < -0.4 is 5.32 Å². The maximum absolute atomic E-state index is 11.4. The Morgan fingerprint density at radius 2 is 2.06 bits per heavy atom. The van der Waals surface area contributed by atoms with Gasteiger partial charge in [0.25, 0.3) is 0 Å². The lowest BCUT2D eigenvalue weighted by molar-refractivity contribution is -0.128. The molecule has 1 rings (SSSR count). The monoisotopic (exact) mass is 258 g/mol. The molecule has 2 atom stereocenters. The van der Waals surface area contributed by atoms with Gasteiger partial charge in [-0.15, -0.1) is 0 Å². The first kappa shape index (κ1) is 14.8. The molecule has 2 unspecified atom stereocenters. The van der Waals surface area contributed by atoms with Crippen molar-refractivity contribution in [1.29, 1.82) is 0 Å². The van der Waals surface area contributed by atoms with Gasteiger partial charge in [0.1, 0.15) is 0 Å². The zero-order chi connectivity index (χ0) is 12.7. The molecule has 0 aromatic carbocycles. The predicted octanol–water partition coefficient (Wildman–Crippen LogP) is 2.12. The van der Waals surface area contributed by atoms with Crippen LogP contribution in [0.25, 0.3) is 0 Å². The van der Waals surface area contributed by atoms with Gasteiger partial charge in [0.05, 0.1) is 0 Å². The van der Waals surface area contributed by atoms with Crippen LogP contribution >= 0.6 is 11.8 Å². The summed E-state index contributed by atoms with van der Waals surface area (Å²) in [5.41, 5.74) is 0. The lowest BCUT2D eigenvalue weighted by atomic mass is 9.95. The molecule has 0 aliphatic heterocycles. The third-order valence-electron chi connectivity index (χ3n) is 3.48. The van der Waals surface area contributed by atoms with Gasteiger partial charge in [-0.1, -0.05) is 12.8 Å². The molecule has 0 saturated heterocycles. The molecule has 1 aliphatic rings. The van der Waals surface area contributed by atoms with Crippen LogP contribution in [-0.2, 0) is 4.79 Å². The molecule has 1 saturated carbocycles. The van der Waals surface area contributed by atoms with Gasteiger partial charge in [-0.25, -0.2) is 0 Å². The van der Waals surface area contributed by atoms with Crippen molar-refractivity contribution in [2.45, 2.75) is 49.8 Å². The summed E-state index contributed by atoms with van der Waals surface area (Å²) in [7, 11) is 3.64. The molecule has 4 heteroatoms. The highest BCUT2D eigenvalue weighted by Crippen LogP contribution is 2.26. The Hall–Kier alpha value is -0.220. The van der Waals surface area contributed by atoms with Crippen molar-refractivity contribution in [2.24, 2.45) is 0 Å². The molecule has 1 aliphatic carbocycles. The van der Waals surface area contributed by atoms with E-state index in [-0.39, 0.29) is 5.91 Å². The Balaban J connectivity index is 2.14. The molecular weight excluding hydrogens is 232 g/mol. The number of thioether (sulfide) groups is 1. The van der Waals surface area contributed by atoms with Crippen LogP contribution in [0.15, 0.2) is 0 Å². The van der Waals surface area contributed by atoms with Crippen LogP contribution in [0.5, 0.6) is 0 Å². The molecule has 3 nitrogen and oxygen atoms in total. The van der Waals surface area contributed by atoms with Crippen molar-refractivity contribution in [3.63, 3.8) is 0 Å². The SMILES string of the molecule is CSC1CCCCC1NCCCC(=O)N(C)C. The summed E-state index contributed by atoms with van der Waals surface area (Å²) in [6.45, 7) is 0.974. The van der Waals surface area contributed by atoms with E-state index in [0.717, 1.165) is 18.2 Å². The van der Waals surface area contributed by atoms with Crippen molar-refractivity contribution in [3.05, 3.63) is 0 Å².